The van der Waals surface area contributed by atoms with Crippen molar-refractivity contribution in [3.05, 3.63) is 48.0 Å². The fourth-order valence-corrected chi connectivity index (χ4v) is 3.18. The number of benzene rings is 2. The summed E-state index contributed by atoms with van der Waals surface area (Å²) in [6.45, 7) is 1.31. The van der Waals surface area contributed by atoms with E-state index in [0.29, 0.717) is 35.3 Å². The summed E-state index contributed by atoms with van der Waals surface area (Å²) in [6.07, 6.45) is 5.35. The zero-order valence-corrected chi connectivity index (χ0v) is 17.5. The third-order valence-corrected chi connectivity index (χ3v) is 4.68. The Hall–Kier alpha value is -3.19. The van der Waals surface area contributed by atoms with Gasteiger partial charge < -0.3 is 29.0 Å². The third kappa shape index (κ3) is 5.67. The fraction of sp³-hybridized carbons (Fsp3) is 0.348. The predicted octanol–water partition coefficient (Wildman–Crippen LogP) is 3.92. The van der Waals surface area contributed by atoms with Gasteiger partial charge in [0.1, 0.15) is 12.4 Å². The van der Waals surface area contributed by atoms with Crippen molar-refractivity contribution in [3.8, 4) is 23.0 Å². The molecule has 1 amide bonds. The normalized spacial score (nSPS) is 15.8. The first-order valence-corrected chi connectivity index (χ1v) is 9.76. The number of carbonyl (C=O) groups excluding carboxylic acids is 1. The zero-order chi connectivity index (χ0) is 21.3. The van der Waals surface area contributed by atoms with Crippen LogP contribution >= 0.6 is 0 Å². The standard InChI is InChI=1S/C23H27NO6/c1-26-20-12-16(13-21(27-2)23(20)28-3)9-10-22(25)24-17-6-4-7-18(14-17)30-15-19-8-5-11-29-19/h4,6-7,9-10,12-14,19H,5,8,11,15H2,1-3H3,(H,24,25)/b10-9+. The number of hydrogen-bond donors (Lipinski definition) is 1. The summed E-state index contributed by atoms with van der Waals surface area (Å²) in [4.78, 5) is 12.4. The van der Waals surface area contributed by atoms with E-state index in [-0.39, 0.29) is 12.0 Å². The first-order chi connectivity index (χ1) is 14.6. The number of carbonyl (C=O) groups is 1. The quantitative estimate of drug-likeness (QED) is 0.628. The highest BCUT2D eigenvalue weighted by atomic mass is 16.5. The minimum absolute atomic E-state index is 0.143. The van der Waals surface area contributed by atoms with Crippen molar-refractivity contribution < 1.29 is 28.5 Å². The van der Waals surface area contributed by atoms with Crippen molar-refractivity contribution in [1.29, 1.82) is 0 Å². The van der Waals surface area contributed by atoms with Gasteiger partial charge in [0.25, 0.3) is 0 Å². The SMILES string of the molecule is COc1cc(/C=C/C(=O)Nc2cccc(OCC3CCCO3)c2)cc(OC)c1OC. The van der Waals surface area contributed by atoms with Crippen LogP contribution in [0.1, 0.15) is 18.4 Å². The summed E-state index contributed by atoms with van der Waals surface area (Å²) >= 11 is 0. The molecule has 0 radical (unpaired) electrons. The molecule has 0 saturated carbocycles. The summed E-state index contributed by atoms with van der Waals surface area (Å²) in [6, 6.07) is 10.8. The molecule has 7 heteroatoms. The Kier molecular flexibility index (Phi) is 7.57. The molecule has 7 nitrogen and oxygen atoms in total. The highest BCUT2D eigenvalue weighted by molar-refractivity contribution is 6.02. The first kappa shape index (κ1) is 21.5. The van der Waals surface area contributed by atoms with Gasteiger partial charge in [0.15, 0.2) is 11.5 Å². The van der Waals surface area contributed by atoms with Gasteiger partial charge in [-0.25, -0.2) is 0 Å². The number of amides is 1. The van der Waals surface area contributed by atoms with Crippen LogP contribution in [0.3, 0.4) is 0 Å². The molecule has 1 N–H and O–H groups in total. The van der Waals surface area contributed by atoms with Gasteiger partial charge in [-0.1, -0.05) is 6.07 Å². The zero-order valence-electron chi connectivity index (χ0n) is 17.5. The molecule has 0 spiro atoms. The molecule has 2 aromatic carbocycles. The second kappa shape index (κ2) is 10.5. The van der Waals surface area contributed by atoms with Crippen LogP contribution < -0.4 is 24.3 Å². The van der Waals surface area contributed by atoms with Gasteiger partial charge >= 0.3 is 0 Å². The van der Waals surface area contributed by atoms with Crippen LogP contribution in [0.2, 0.25) is 0 Å². The topological polar surface area (TPSA) is 75.3 Å². The van der Waals surface area contributed by atoms with E-state index in [1.54, 1.807) is 45.6 Å². The first-order valence-electron chi connectivity index (χ1n) is 9.76. The molecule has 1 heterocycles. The van der Waals surface area contributed by atoms with Crippen molar-refractivity contribution in [2.75, 3.05) is 39.9 Å². The number of hydrogen-bond acceptors (Lipinski definition) is 6. The smallest absolute Gasteiger partial charge is 0.248 e. The molecule has 2 aromatic rings. The van der Waals surface area contributed by atoms with E-state index < -0.39 is 0 Å². The molecule has 3 rings (SSSR count). The number of anilines is 1. The molecule has 1 atom stereocenters. The van der Waals surface area contributed by atoms with Crippen molar-refractivity contribution in [2.24, 2.45) is 0 Å². The molecule has 1 aliphatic heterocycles. The molecule has 30 heavy (non-hydrogen) atoms. The predicted molar refractivity (Wildman–Crippen MR) is 115 cm³/mol. The monoisotopic (exact) mass is 413 g/mol. The summed E-state index contributed by atoms with van der Waals surface area (Å²) in [7, 11) is 4.64. The van der Waals surface area contributed by atoms with Crippen molar-refractivity contribution in [1.82, 2.24) is 0 Å². The molecule has 0 aliphatic carbocycles. The summed E-state index contributed by atoms with van der Waals surface area (Å²) in [5.41, 5.74) is 1.40. The molecule has 1 aliphatic rings. The molecular formula is C23H27NO6. The average molecular weight is 413 g/mol. The third-order valence-electron chi connectivity index (χ3n) is 4.68. The minimum Gasteiger partial charge on any atom is -0.493 e. The van der Waals surface area contributed by atoms with Gasteiger partial charge in [-0.05, 0) is 48.7 Å². The van der Waals surface area contributed by atoms with Crippen LogP contribution in [-0.4, -0.2) is 46.6 Å². The number of ether oxygens (including phenoxy) is 5. The molecule has 0 aromatic heterocycles. The Labute approximate surface area is 176 Å². The lowest BCUT2D eigenvalue weighted by molar-refractivity contribution is -0.111. The molecule has 1 unspecified atom stereocenters. The van der Waals surface area contributed by atoms with Crippen LogP contribution in [0, 0.1) is 0 Å². The van der Waals surface area contributed by atoms with Crippen LogP contribution in [0.4, 0.5) is 5.69 Å². The molecule has 160 valence electrons. The molecule has 0 bridgehead atoms. The summed E-state index contributed by atoms with van der Waals surface area (Å²) in [5, 5.41) is 2.84. The van der Waals surface area contributed by atoms with Gasteiger partial charge in [0, 0.05) is 24.4 Å². The fourth-order valence-electron chi connectivity index (χ4n) is 3.18. The number of methoxy groups -OCH3 is 3. The van der Waals surface area contributed by atoms with Crippen LogP contribution in [-0.2, 0) is 9.53 Å². The van der Waals surface area contributed by atoms with E-state index in [0.717, 1.165) is 25.0 Å². The second-order valence-electron chi connectivity index (χ2n) is 6.76. The number of rotatable bonds is 9. The van der Waals surface area contributed by atoms with Crippen molar-refractivity contribution >= 4 is 17.7 Å². The Morgan fingerprint density at radius 2 is 1.90 bits per heavy atom. The lowest BCUT2D eigenvalue weighted by Crippen LogP contribution is -2.16. The Balaban J connectivity index is 1.62. The Morgan fingerprint density at radius 3 is 2.53 bits per heavy atom. The van der Waals surface area contributed by atoms with Crippen LogP contribution in [0.5, 0.6) is 23.0 Å². The van der Waals surface area contributed by atoms with Crippen molar-refractivity contribution in [2.45, 2.75) is 18.9 Å². The van der Waals surface area contributed by atoms with Gasteiger partial charge in [-0.15, -0.1) is 0 Å². The summed E-state index contributed by atoms with van der Waals surface area (Å²) < 4.78 is 27.3. The summed E-state index contributed by atoms with van der Waals surface area (Å²) in [5.74, 6) is 1.97. The maximum Gasteiger partial charge on any atom is 0.248 e. The van der Waals surface area contributed by atoms with Crippen LogP contribution in [0.15, 0.2) is 42.5 Å². The van der Waals surface area contributed by atoms with Crippen LogP contribution in [0.25, 0.3) is 6.08 Å². The van der Waals surface area contributed by atoms with Crippen molar-refractivity contribution in [3.63, 3.8) is 0 Å². The Bertz CT molecular complexity index is 864. The second-order valence-corrected chi connectivity index (χ2v) is 6.76. The maximum absolute atomic E-state index is 12.4. The highest BCUT2D eigenvalue weighted by Gasteiger charge is 2.16. The maximum atomic E-state index is 12.4. The molecule has 1 saturated heterocycles. The van der Waals surface area contributed by atoms with E-state index in [4.69, 9.17) is 23.7 Å². The van der Waals surface area contributed by atoms with Gasteiger partial charge in [-0.2, -0.15) is 0 Å². The lowest BCUT2D eigenvalue weighted by atomic mass is 10.1. The average Bonchev–Trinajstić information content (AvgIpc) is 3.29. The van der Waals surface area contributed by atoms with E-state index in [1.807, 2.05) is 18.2 Å². The Morgan fingerprint density at radius 1 is 1.13 bits per heavy atom. The van der Waals surface area contributed by atoms with Gasteiger partial charge in [-0.3, -0.25) is 4.79 Å². The largest absolute Gasteiger partial charge is 0.493 e. The molecule has 1 fully saturated rings. The highest BCUT2D eigenvalue weighted by Crippen LogP contribution is 2.38. The molecular weight excluding hydrogens is 386 g/mol. The van der Waals surface area contributed by atoms with E-state index in [9.17, 15) is 4.79 Å². The minimum atomic E-state index is -0.264. The lowest BCUT2D eigenvalue weighted by Gasteiger charge is -2.13. The van der Waals surface area contributed by atoms with Gasteiger partial charge in [0.2, 0.25) is 11.7 Å². The van der Waals surface area contributed by atoms with E-state index >= 15 is 0 Å². The number of nitrogens with one attached hydrogen (secondary N) is 1. The van der Waals surface area contributed by atoms with Gasteiger partial charge in [0.05, 0.1) is 27.4 Å². The van der Waals surface area contributed by atoms with E-state index in [1.165, 1.54) is 6.08 Å². The van der Waals surface area contributed by atoms with E-state index in [2.05, 4.69) is 5.32 Å².